The number of nitrogens with two attached hydrogens (primary N) is 1. The second kappa shape index (κ2) is 3.29. The Balaban J connectivity index is 2.23. The second-order valence-corrected chi connectivity index (χ2v) is 2.69. The third-order valence-electron chi connectivity index (χ3n) is 1.63. The molecule has 1 aromatic carbocycles. The fourth-order valence-electron chi connectivity index (χ4n) is 1.03. The monoisotopic (exact) mass is 191 g/mol. The molecular formula is C9H9N3O2. The number of rotatable bonds is 2. The lowest BCUT2D eigenvalue weighted by atomic mass is 10.3. The summed E-state index contributed by atoms with van der Waals surface area (Å²) < 4.78 is 1.20. The van der Waals surface area contributed by atoms with Gasteiger partial charge in [-0.25, -0.2) is 0 Å². The summed E-state index contributed by atoms with van der Waals surface area (Å²) in [5.74, 6) is 0.557. The summed E-state index contributed by atoms with van der Waals surface area (Å²) in [4.78, 5) is 8.88. The highest BCUT2D eigenvalue weighted by atomic mass is 16.7. The molecule has 0 radical (unpaired) electrons. The maximum atomic E-state index is 9.02. The third-order valence-corrected chi connectivity index (χ3v) is 1.63. The normalized spacial score (nSPS) is 10.0. The van der Waals surface area contributed by atoms with Crippen LogP contribution in [0.5, 0.6) is 11.6 Å². The number of anilines is 1. The van der Waals surface area contributed by atoms with Gasteiger partial charge in [0.05, 0.1) is 0 Å². The van der Waals surface area contributed by atoms with E-state index in [1.807, 2.05) is 18.2 Å². The van der Waals surface area contributed by atoms with E-state index in [1.165, 1.54) is 10.9 Å². The number of aromatic nitrogens is 2. The molecule has 72 valence electrons. The van der Waals surface area contributed by atoms with Gasteiger partial charge in [-0.15, -0.1) is 4.73 Å². The maximum Gasteiger partial charge on any atom is 0.238 e. The van der Waals surface area contributed by atoms with Crippen molar-refractivity contribution >= 4 is 5.95 Å². The molecule has 0 saturated heterocycles. The number of para-hydroxylation sites is 1. The van der Waals surface area contributed by atoms with Crippen LogP contribution in [0.25, 0.3) is 0 Å². The molecular weight excluding hydrogens is 182 g/mol. The first kappa shape index (κ1) is 8.43. The largest absolute Gasteiger partial charge is 0.492 e. The molecule has 0 fully saturated rings. The van der Waals surface area contributed by atoms with E-state index in [0.29, 0.717) is 5.75 Å². The highest BCUT2D eigenvalue weighted by Gasteiger charge is 2.04. The van der Waals surface area contributed by atoms with Gasteiger partial charge in [0.1, 0.15) is 6.20 Å². The van der Waals surface area contributed by atoms with Crippen LogP contribution in [0.3, 0.4) is 0 Å². The zero-order chi connectivity index (χ0) is 9.97. The van der Waals surface area contributed by atoms with E-state index < -0.39 is 0 Å². The SMILES string of the molecule is Nc1nc(O)cn1Oc1ccccc1. The highest BCUT2D eigenvalue weighted by molar-refractivity contribution is 5.26. The van der Waals surface area contributed by atoms with Gasteiger partial charge < -0.3 is 15.7 Å². The molecule has 1 heterocycles. The molecule has 14 heavy (non-hydrogen) atoms. The first-order valence-corrected chi connectivity index (χ1v) is 4.03. The van der Waals surface area contributed by atoms with Gasteiger partial charge in [0.15, 0.2) is 5.75 Å². The van der Waals surface area contributed by atoms with E-state index in [1.54, 1.807) is 12.1 Å². The van der Waals surface area contributed by atoms with E-state index in [9.17, 15) is 0 Å². The lowest BCUT2D eigenvalue weighted by Gasteiger charge is -2.05. The number of imidazole rings is 1. The molecule has 3 N–H and O–H groups in total. The third kappa shape index (κ3) is 1.61. The minimum absolute atomic E-state index is 0.103. The fourth-order valence-corrected chi connectivity index (χ4v) is 1.03. The molecule has 2 aromatic rings. The molecule has 0 unspecified atom stereocenters. The summed E-state index contributed by atoms with van der Waals surface area (Å²) >= 11 is 0. The fraction of sp³-hybridized carbons (Fsp3) is 0. The van der Waals surface area contributed by atoms with Crippen LogP contribution in [-0.4, -0.2) is 14.8 Å². The quantitative estimate of drug-likeness (QED) is 0.743. The van der Waals surface area contributed by atoms with E-state index >= 15 is 0 Å². The van der Waals surface area contributed by atoms with Crippen molar-refractivity contribution in [2.45, 2.75) is 0 Å². The summed E-state index contributed by atoms with van der Waals surface area (Å²) in [7, 11) is 0. The first-order valence-electron chi connectivity index (χ1n) is 4.03. The van der Waals surface area contributed by atoms with Gasteiger partial charge >= 0.3 is 0 Å². The predicted molar refractivity (Wildman–Crippen MR) is 50.8 cm³/mol. The molecule has 0 spiro atoms. The smallest absolute Gasteiger partial charge is 0.238 e. The van der Waals surface area contributed by atoms with Crippen LogP contribution in [-0.2, 0) is 0 Å². The molecule has 0 amide bonds. The number of nitrogen functional groups attached to an aromatic ring is 1. The lowest BCUT2D eigenvalue weighted by Crippen LogP contribution is -2.07. The summed E-state index contributed by atoms with van der Waals surface area (Å²) in [6, 6.07) is 9.10. The van der Waals surface area contributed by atoms with Crippen molar-refractivity contribution in [3.63, 3.8) is 0 Å². The van der Waals surface area contributed by atoms with Crippen molar-refractivity contribution in [2.24, 2.45) is 0 Å². The average molecular weight is 191 g/mol. The van der Waals surface area contributed by atoms with E-state index in [-0.39, 0.29) is 11.8 Å². The number of hydrogen-bond acceptors (Lipinski definition) is 4. The predicted octanol–water partition coefficient (Wildman–Crippen LogP) is 1.01. The Morgan fingerprint density at radius 2 is 2.00 bits per heavy atom. The Kier molecular flexibility index (Phi) is 1.98. The molecule has 0 aliphatic carbocycles. The Morgan fingerprint density at radius 1 is 1.29 bits per heavy atom. The van der Waals surface area contributed by atoms with Gasteiger partial charge in [0.2, 0.25) is 11.8 Å². The first-order chi connectivity index (χ1) is 6.75. The van der Waals surface area contributed by atoms with Crippen molar-refractivity contribution in [1.29, 1.82) is 0 Å². The second-order valence-electron chi connectivity index (χ2n) is 2.69. The molecule has 0 aliphatic heterocycles. The van der Waals surface area contributed by atoms with E-state index in [2.05, 4.69) is 4.98 Å². The number of benzene rings is 1. The number of nitrogens with zero attached hydrogens (tertiary/aromatic N) is 2. The molecule has 0 bridgehead atoms. The van der Waals surface area contributed by atoms with Crippen LogP contribution < -0.4 is 10.6 Å². The van der Waals surface area contributed by atoms with Crippen LogP contribution in [0.4, 0.5) is 5.95 Å². The molecule has 0 saturated carbocycles. The van der Waals surface area contributed by atoms with Gasteiger partial charge in [-0.3, -0.25) is 0 Å². The topological polar surface area (TPSA) is 73.3 Å². The molecule has 0 atom stereocenters. The molecule has 1 aromatic heterocycles. The van der Waals surface area contributed by atoms with Crippen molar-refractivity contribution in [2.75, 3.05) is 5.73 Å². The number of aromatic hydroxyl groups is 1. The highest BCUT2D eigenvalue weighted by Crippen LogP contribution is 2.14. The van der Waals surface area contributed by atoms with Crippen LogP contribution in [0.15, 0.2) is 36.5 Å². The van der Waals surface area contributed by atoms with Gasteiger partial charge in [0.25, 0.3) is 0 Å². The van der Waals surface area contributed by atoms with E-state index in [4.69, 9.17) is 15.7 Å². The Labute approximate surface area is 80.3 Å². The summed E-state index contributed by atoms with van der Waals surface area (Å²) in [6.07, 6.45) is 1.29. The molecule has 5 nitrogen and oxygen atoms in total. The van der Waals surface area contributed by atoms with Gasteiger partial charge in [-0.1, -0.05) is 18.2 Å². The Bertz CT molecular complexity index is 425. The lowest BCUT2D eigenvalue weighted by molar-refractivity contribution is 0.220. The van der Waals surface area contributed by atoms with Gasteiger partial charge in [-0.2, -0.15) is 4.98 Å². The maximum absolute atomic E-state index is 9.02. The molecule has 0 aliphatic rings. The number of hydrogen-bond donors (Lipinski definition) is 2. The van der Waals surface area contributed by atoms with Crippen molar-refractivity contribution < 1.29 is 9.94 Å². The zero-order valence-corrected chi connectivity index (χ0v) is 7.29. The standard InChI is InChI=1S/C9H9N3O2/c10-9-11-8(13)6-12(9)14-7-4-2-1-3-5-7/h1-6,13H,(H2,10,11). The average Bonchev–Trinajstić information content (AvgIpc) is 2.47. The van der Waals surface area contributed by atoms with Crippen LogP contribution in [0, 0.1) is 0 Å². The van der Waals surface area contributed by atoms with Crippen molar-refractivity contribution in [3.05, 3.63) is 36.5 Å². The molecule has 5 heteroatoms. The summed E-state index contributed by atoms with van der Waals surface area (Å²) in [5.41, 5.74) is 5.46. The zero-order valence-electron chi connectivity index (χ0n) is 7.29. The minimum Gasteiger partial charge on any atom is -0.492 e. The van der Waals surface area contributed by atoms with Gasteiger partial charge in [-0.05, 0) is 12.1 Å². The minimum atomic E-state index is -0.168. The van der Waals surface area contributed by atoms with Gasteiger partial charge in [0, 0.05) is 0 Å². The van der Waals surface area contributed by atoms with Crippen molar-refractivity contribution in [1.82, 2.24) is 9.71 Å². The molecule has 2 rings (SSSR count). The Morgan fingerprint density at radius 3 is 2.57 bits per heavy atom. The summed E-state index contributed by atoms with van der Waals surface area (Å²) in [6.45, 7) is 0. The van der Waals surface area contributed by atoms with Crippen LogP contribution >= 0.6 is 0 Å². The van der Waals surface area contributed by atoms with Crippen LogP contribution in [0.1, 0.15) is 0 Å². The van der Waals surface area contributed by atoms with E-state index in [0.717, 1.165) is 0 Å². The summed E-state index contributed by atoms with van der Waals surface area (Å²) in [5, 5.41) is 9.02. The van der Waals surface area contributed by atoms with Crippen LogP contribution in [0.2, 0.25) is 0 Å². The Hall–Kier alpha value is -2.17. The van der Waals surface area contributed by atoms with Crippen molar-refractivity contribution in [3.8, 4) is 11.6 Å².